The number of hydrogen-bond donors (Lipinski definition) is 4. The lowest BCUT2D eigenvalue weighted by Crippen LogP contribution is -2.49. The van der Waals surface area contributed by atoms with Crippen LogP contribution in [0.4, 0.5) is 0 Å². The summed E-state index contributed by atoms with van der Waals surface area (Å²) in [4.78, 5) is 34.2. The highest BCUT2D eigenvalue weighted by atomic mass is 16.5. The Bertz CT molecular complexity index is 338. The maximum absolute atomic E-state index is 11.7. The quantitative estimate of drug-likeness (QED) is 0.395. The smallest absolute Gasteiger partial charge is 0.326 e. The Balaban J connectivity index is 0.00000324. The Morgan fingerprint density at radius 2 is 1.58 bits per heavy atom. The van der Waals surface area contributed by atoms with E-state index in [0.29, 0.717) is 12.8 Å². The Morgan fingerprint density at radius 3 is 1.89 bits per heavy atom. The summed E-state index contributed by atoms with van der Waals surface area (Å²) in [5.74, 6) is -3.10. The molecule has 0 aliphatic heterocycles. The van der Waals surface area contributed by atoms with Crippen LogP contribution in [-0.2, 0) is 19.1 Å². The Kier molecular flexibility index (Phi) is 6.39. The number of hydrogen-bond acceptors (Lipinski definition) is 7. The SMILES string of the molecule is N.O=C(O)CN(CC(=O)O)C1(C(=O)OCCO)CC1. The van der Waals surface area contributed by atoms with Crippen molar-refractivity contribution in [3.8, 4) is 0 Å². The van der Waals surface area contributed by atoms with E-state index in [1.54, 1.807) is 0 Å². The van der Waals surface area contributed by atoms with E-state index in [1.165, 1.54) is 0 Å². The third-order valence-corrected chi connectivity index (χ3v) is 2.69. The molecule has 1 fully saturated rings. The molecule has 9 nitrogen and oxygen atoms in total. The first-order chi connectivity index (χ1) is 8.42. The summed E-state index contributed by atoms with van der Waals surface area (Å²) in [5, 5.41) is 26.0. The van der Waals surface area contributed by atoms with Crippen LogP contribution >= 0.6 is 0 Å². The average molecular weight is 278 g/mol. The van der Waals surface area contributed by atoms with E-state index in [1.807, 2.05) is 0 Å². The van der Waals surface area contributed by atoms with Gasteiger partial charge in [-0.25, -0.2) is 0 Å². The lowest BCUT2D eigenvalue weighted by atomic mass is 10.2. The van der Waals surface area contributed by atoms with Crippen molar-refractivity contribution in [3.05, 3.63) is 0 Å². The largest absolute Gasteiger partial charge is 0.480 e. The molecule has 0 aromatic carbocycles. The molecule has 0 aromatic heterocycles. The van der Waals surface area contributed by atoms with Crippen LogP contribution in [0.3, 0.4) is 0 Å². The number of nitrogens with zero attached hydrogens (tertiary/aromatic N) is 1. The first-order valence-corrected chi connectivity index (χ1v) is 5.39. The normalized spacial score (nSPS) is 15.5. The van der Waals surface area contributed by atoms with Gasteiger partial charge in [0.05, 0.1) is 19.7 Å². The minimum Gasteiger partial charge on any atom is -0.480 e. The van der Waals surface area contributed by atoms with Crippen LogP contribution in [-0.4, -0.2) is 70.0 Å². The highest BCUT2D eigenvalue weighted by Gasteiger charge is 2.56. The second-order valence-electron chi connectivity index (χ2n) is 4.03. The predicted octanol–water partition coefficient (Wildman–Crippen LogP) is -1.31. The molecule has 0 aromatic rings. The molecule has 19 heavy (non-hydrogen) atoms. The van der Waals surface area contributed by atoms with Crippen LogP contribution < -0.4 is 6.15 Å². The predicted molar refractivity (Wildman–Crippen MR) is 61.9 cm³/mol. The van der Waals surface area contributed by atoms with Gasteiger partial charge in [-0.1, -0.05) is 0 Å². The van der Waals surface area contributed by atoms with E-state index in [9.17, 15) is 14.4 Å². The number of carbonyl (C=O) groups is 3. The summed E-state index contributed by atoms with van der Waals surface area (Å²) >= 11 is 0. The van der Waals surface area contributed by atoms with Gasteiger partial charge in [-0.15, -0.1) is 0 Å². The van der Waals surface area contributed by atoms with Crippen LogP contribution in [0.5, 0.6) is 0 Å². The van der Waals surface area contributed by atoms with Gasteiger partial charge in [0.1, 0.15) is 12.1 Å². The van der Waals surface area contributed by atoms with Crippen molar-refractivity contribution in [2.45, 2.75) is 18.4 Å². The highest BCUT2D eigenvalue weighted by molar-refractivity contribution is 5.86. The molecule has 0 unspecified atom stereocenters. The average Bonchev–Trinajstić information content (AvgIpc) is 3.04. The van der Waals surface area contributed by atoms with Gasteiger partial charge in [-0.2, -0.15) is 0 Å². The number of aliphatic carboxylic acids is 2. The molecule has 0 spiro atoms. The van der Waals surface area contributed by atoms with Crippen LogP contribution in [0.25, 0.3) is 0 Å². The monoisotopic (exact) mass is 278 g/mol. The number of carboxylic acids is 2. The van der Waals surface area contributed by atoms with E-state index < -0.39 is 36.5 Å². The fourth-order valence-corrected chi connectivity index (χ4v) is 1.73. The van der Waals surface area contributed by atoms with E-state index in [2.05, 4.69) is 0 Å². The van der Waals surface area contributed by atoms with Gasteiger partial charge in [-0.3, -0.25) is 19.3 Å². The topological polar surface area (TPSA) is 159 Å². The van der Waals surface area contributed by atoms with E-state index in [-0.39, 0.29) is 19.4 Å². The number of carbonyl (C=O) groups excluding carboxylic acids is 1. The zero-order chi connectivity index (χ0) is 13.8. The minimum atomic E-state index is -1.21. The van der Waals surface area contributed by atoms with Crippen LogP contribution in [0, 0.1) is 0 Å². The molecule has 0 heterocycles. The van der Waals surface area contributed by atoms with Crippen molar-refractivity contribution in [3.63, 3.8) is 0 Å². The van der Waals surface area contributed by atoms with E-state index >= 15 is 0 Å². The van der Waals surface area contributed by atoms with Crippen molar-refractivity contribution < 1.29 is 34.4 Å². The van der Waals surface area contributed by atoms with Gasteiger partial charge in [0.25, 0.3) is 0 Å². The number of rotatable bonds is 8. The zero-order valence-electron chi connectivity index (χ0n) is 10.4. The fraction of sp³-hybridized carbons (Fsp3) is 0.700. The van der Waals surface area contributed by atoms with Crippen LogP contribution in [0.2, 0.25) is 0 Å². The second kappa shape index (κ2) is 7.02. The van der Waals surface area contributed by atoms with Gasteiger partial charge < -0.3 is 26.2 Å². The lowest BCUT2D eigenvalue weighted by molar-refractivity contribution is -0.156. The highest BCUT2D eigenvalue weighted by Crippen LogP contribution is 2.42. The van der Waals surface area contributed by atoms with Crippen molar-refractivity contribution in [1.82, 2.24) is 11.1 Å². The first kappa shape index (κ1) is 17.3. The zero-order valence-corrected chi connectivity index (χ0v) is 10.4. The maximum Gasteiger partial charge on any atom is 0.326 e. The summed E-state index contributed by atoms with van der Waals surface area (Å²) in [6, 6.07) is 0. The van der Waals surface area contributed by atoms with Gasteiger partial charge in [0.2, 0.25) is 0 Å². The summed E-state index contributed by atoms with van der Waals surface area (Å²) in [6.45, 7) is -1.60. The fourth-order valence-electron chi connectivity index (χ4n) is 1.73. The minimum absolute atomic E-state index is 0. The van der Waals surface area contributed by atoms with Crippen molar-refractivity contribution >= 4 is 17.9 Å². The van der Waals surface area contributed by atoms with Crippen molar-refractivity contribution in [1.29, 1.82) is 0 Å². The molecule has 1 aliphatic rings. The third kappa shape index (κ3) is 4.47. The molecule has 1 saturated carbocycles. The molecule has 0 amide bonds. The molecule has 0 saturated heterocycles. The summed E-state index contributed by atoms with van der Waals surface area (Å²) in [6.07, 6.45) is 0.718. The van der Waals surface area contributed by atoms with Gasteiger partial charge in [0, 0.05) is 0 Å². The molecule has 9 heteroatoms. The molecule has 0 radical (unpaired) electrons. The van der Waals surface area contributed by atoms with Crippen LogP contribution in [0.1, 0.15) is 12.8 Å². The van der Waals surface area contributed by atoms with E-state index in [4.69, 9.17) is 20.1 Å². The molecular formula is C10H18N2O7. The number of ether oxygens (including phenoxy) is 1. The van der Waals surface area contributed by atoms with Crippen molar-refractivity contribution in [2.75, 3.05) is 26.3 Å². The van der Waals surface area contributed by atoms with Gasteiger partial charge in [-0.05, 0) is 12.8 Å². The molecule has 0 bridgehead atoms. The molecule has 6 N–H and O–H groups in total. The lowest BCUT2D eigenvalue weighted by Gasteiger charge is -2.26. The number of esters is 1. The third-order valence-electron chi connectivity index (χ3n) is 2.69. The molecule has 110 valence electrons. The van der Waals surface area contributed by atoms with Gasteiger partial charge in [0.15, 0.2) is 0 Å². The summed E-state index contributed by atoms with van der Waals surface area (Å²) in [5.41, 5.74) is -1.16. The summed E-state index contributed by atoms with van der Waals surface area (Å²) < 4.78 is 4.75. The molecular weight excluding hydrogens is 260 g/mol. The first-order valence-electron chi connectivity index (χ1n) is 5.39. The Morgan fingerprint density at radius 1 is 1.11 bits per heavy atom. The standard InChI is InChI=1S/C10H15NO7.H3N/c12-3-4-18-9(17)10(1-2-10)11(5-7(13)14)6-8(15)16;/h12H,1-6H2,(H,13,14)(H,15,16);1H3. The number of aliphatic hydroxyl groups is 1. The van der Waals surface area contributed by atoms with Crippen LogP contribution in [0.15, 0.2) is 0 Å². The number of aliphatic hydroxyl groups excluding tert-OH is 1. The second-order valence-corrected chi connectivity index (χ2v) is 4.03. The number of carboxylic acid groups (broad SMARTS) is 2. The Hall–Kier alpha value is -1.71. The molecule has 0 atom stereocenters. The van der Waals surface area contributed by atoms with E-state index in [0.717, 1.165) is 4.90 Å². The molecule has 1 aliphatic carbocycles. The Labute approximate surface area is 109 Å². The maximum atomic E-state index is 11.7. The molecule has 1 rings (SSSR count). The summed E-state index contributed by atoms with van der Waals surface area (Å²) in [7, 11) is 0. The van der Waals surface area contributed by atoms with Crippen molar-refractivity contribution in [2.24, 2.45) is 0 Å². The van der Waals surface area contributed by atoms with Gasteiger partial charge >= 0.3 is 17.9 Å².